The molecule has 0 saturated carbocycles. The van der Waals surface area contributed by atoms with E-state index < -0.39 is 0 Å². The van der Waals surface area contributed by atoms with Crippen LogP contribution in [0.1, 0.15) is 19.4 Å². The first-order valence-corrected chi connectivity index (χ1v) is 4.68. The molecule has 0 heterocycles. The second-order valence-corrected chi connectivity index (χ2v) is 3.21. The topological polar surface area (TPSA) is 3.24 Å². The van der Waals surface area contributed by atoms with E-state index in [0.29, 0.717) is 0 Å². The molecule has 0 bridgehead atoms. The average Bonchev–Trinajstić information content (AvgIpc) is 2.18. The molecule has 0 unspecified atom stereocenters. The third-order valence-electron chi connectivity index (χ3n) is 2.25. The summed E-state index contributed by atoms with van der Waals surface area (Å²) in [7, 11) is 2.11. The highest BCUT2D eigenvalue weighted by molar-refractivity contribution is 5.51. The Balaban J connectivity index is 2.77. The molecule has 70 valence electrons. The molecule has 13 heavy (non-hydrogen) atoms. The van der Waals surface area contributed by atoms with Gasteiger partial charge in [-0.05, 0) is 25.5 Å². The summed E-state index contributed by atoms with van der Waals surface area (Å²) >= 11 is 0. The van der Waals surface area contributed by atoms with Crippen LogP contribution in [0.3, 0.4) is 0 Å². The fraction of sp³-hybridized carbons (Fsp3) is 0.333. The second kappa shape index (κ2) is 4.70. The largest absolute Gasteiger partial charge is 0.378 e. The Morgan fingerprint density at radius 1 is 1.31 bits per heavy atom. The van der Waals surface area contributed by atoms with Gasteiger partial charge in [-0.2, -0.15) is 0 Å². The molecule has 0 aliphatic rings. The van der Waals surface area contributed by atoms with E-state index in [-0.39, 0.29) is 0 Å². The van der Waals surface area contributed by atoms with Crippen molar-refractivity contribution in [1.29, 1.82) is 0 Å². The molecule has 0 saturated heterocycles. The van der Waals surface area contributed by atoms with Crippen molar-refractivity contribution in [3.63, 3.8) is 0 Å². The summed E-state index contributed by atoms with van der Waals surface area (Å²) in [4.78, 5) is 2.23. The van der Waals surface area contributed by atoms with Crippen LogP contribution in [0.5, 0.6) is 0 Å². The van der Waals surface area contributed by atoms with E-state index in [4.69, 9.17) is 0 Å². The van der Waals surface area contributed by atoms with Gasteiger partial charge in [-0.3, -0.25) is 0 Å². The van der Waals surface area contributed by atoms with Crippen molar-refractivity contribution in [3.8, 4) is 0 Å². The summed E-state index contributed by atoms with van der Waals surface area (Å²) in [5.41, 5.74) is 2.56. The molecule has 0 spiro atoms. The lowest BCUT2D eigenvalue weighted by Crippen LogP contribution is -2.14. The highest BCUT2D eigenvalue weighted by atomic mass is 15.1. The number of nitrogens with zero attached hydrogens (tertiary/aromatic N) is 1. The zero-order chi connectivity index (χ0) is 9.68. The van der Waals surface area contributed by atoms with Crippen LogP contribution in [0, 0.1) is 0 Å². The Labute approximate surface area is 80.7 Å². The first-order chi connectivity index (χ1) is 6.24. The number of hydrogen-bond donors (Lipinski definition) is 0. The van der Waals surface area contributed by atoms with Gasteiger partial charge < -0.3 is 4.90 Å². The van der Waals surface area contributed by atoms with Gasteiger partial charge >= 0.3 is 0 Å². The zero-order valence-corrected chi connectivity index (χ0v) is 8.62. The van der Waals surface area contributed by atoms with E-state index in [0.717, 1.165) is 6.54 Å². The molecular formula is C12H17N. The molecule has 1 aromatic carbocycles. The minimum absolute atomic E-state index is 1.05. The van der Waals surface area contributed by atoms with Gasteiger partial charge in [0, 0.05) is 19.3 Å². The molecule has 0 radical (unpaired) electrons. The lowest BCUT2D eigenvalue weighted by molar-refractivity contribution is 0.447. The van der Waals surface area contributed by atoms with Crippen molar-refractivity contribution in [2.45, 2.75) is 13.8 Å². The summed E-state index contributed by atoms with van der Waals surface area (Å²) in [5.74, 6) is 0. The molecule has 0 aliphatic carbocycles. The van der Waals surface area contributed by atoms with E-state index >= 15 is 0 Å². The molecule has 0 fully saturated rings. The highest BCUT2D eigenvalue weighted by Crippen LogP contribution is 2.08. The summed E-state index contributed by atoms with van der Waals surface area (Å²) in [6.07, 6.45) is 2.20. The molecule has 1 heteroatoms. The average molecular weight is 175 g/mol. The fourth-order valence-corrected chi connectivity index (χ4v) is 1.15. The SMILES string of the molecule is CCN(C)C(C)=Cc1ccccc1. The van der Waals surface area contributed by atoms with Gasteiger partial charge in [-0.15, -0.1) is 0 Å². The number of benzene rings is 1. The Morgan fingerprint density at radius 2 is 1.92 bits per heavy atom. The van der Waals surface area contributed by atoms with Crippen molar-refractivity contribution in [2.75, 3.05) is 13.6 Å². The van der Waals surface area contributed by atoms with E-state index in [2.05, 4.69) is 56.1 Å². The molecule has 0 amide bonds. The van der Waals surface area contributed by atoms with Crippen molar-refractivity contribution >= 4 is 6.08 Å². The normalized spacial score (nSPS) is 11.5. The smallest absolute Gasteiger partial charge is 0.0143 e. The minimum atomic E-state index is 1.05. The van der Waals surface area contributed by atoms with Crippen LogP contribution >= 0.6 is 0 Å². The maximum Gasteiger partial charge on any atom is 0.0143 e. The molecule has 0 N–H and O–H groups in total. The lowest BCUT2D eigenvalue weighted by Gasteiger charge is -2.16. The number of hydrogen-bond acceptors (Lipinski definition) is 1. The minimum Gasteiger partial charge on any atom is -0.378 e. The van der Waals surface area contributed by atoms with E-state index in [1.54, 1.807) is 0 Å². The fourth-order valence-electron chi connectivity index (χ4n) is 1.15. The second-order valence-electron chi connectivity index (χ2n) is 3.21. The molecule has 1 nitrogen and oxygen atoms in total. The van der Waals surface area contributed by atoms with Crippen molar-refractivity contribution in [2.24, 2.45) is 0 Å². The van der Waals surface area contributed by atoms with E-state index in [1.165, 1.54) is 11.3 Å². The predicted molar refractivity (Wildman–Crippen MR) is 58.4 cm³/mol. The molecule has 0 atom stereocenters. The van der Waals surface area contributed by atoms with Crippen LogP contribution < -0.4 is 0 Å². The monoisotopic (exact) mass is 175 g/mol. The van der Waals surface area contributed by atoms with Crippen LogP contribution in [0.25, 0.3) is 6.08 Å². The summed E-state index contributed by atoms with van der Waals surface area (Å²) in [5, 5.41) is 0. The highest BCUT2D eigenvalue weighted by Gasteiger charge is 1.94. The quantitative estimate of drug-likeness (QED) is 0.682. The maximum absolute atomic E-state index is 2.23. The standard InChI is InChI=1S/C12H17N/c1-4-13(3)11(2)10-12-8-6-5-7-9-12/h5-10H,4H2,1-3H3. The van der Waals surface area contributed by atoms with Gasteiger partial charge in [0.15, 0.2) is 0 Å². The van der Waals surface area contributed by atoms with Crippen LogP contribution in [0.15, 0.2) is 36.0 Å². The van der Waals surface area contributed by atoms with Gasteiger partial charge in [0.2, 0.25) is 0 Å². The first kappa shape index (κ1) is 9.85. The van der Waals surface area contributed by atoms with Gasteiger partial charge in [0.25, 0.3) is 0 Å². The number of rotatable bonds is 3. The van der Waals surface area contributed by atoms with Crippen molar-refractivity contribution in [3.05, 3.63) is 41.6 Å². The Kier molecular flexibility index (Phi) is 3.56. The molecule has 0 aromatic heterocycles. The maximum atomic E-state index is 2.23. The van der Waals surface area contributed by atoms with E-state index in [9.17, 15) is 0 Å². The Morgan fingerprint density at radius 3 is 2.46 bits per heavy atom. The number of allylic oxidation sites excluding steroid dienone is 1. The lowest BCUT2D eigenvalue weighted by atomic mass is 10.2. The van der Waals surface area contributed by atoms with Crippen LogP contribution in [-0.4, -0.2) is 18.5 Å². The Hall–Kier alpha value is -1.24. The van der Waals surface area contributed by atoms with E-state index in [1.807, 2.05) is 6.07 Å². The van der Waals surface area contributed by atoms with Crippen LogP contribution in [0.2, 0.25) is 0 Å². The molecular weight excluding hydrogens is 158 g/mol. The molecule has 0 aliphatic heterocycles. The summed E-state index contributed by atoms with van der Waals surface area (Å²) in [6.45, 7) is 5.34. The van der Waals surface area contributed by atoms with Gasteiger partial charge in [0.05, 0.1) is 0 Å². The van der Waals surface area contributed by atoms with Gasteiger partial charge in [-0.1, -0.05) is 30.3 Å². The Bertz CT molecular complexity index is 274. The predicted octanol–water partition coefficient (Wildman–Crippen LogP) is 3.00. The summed E-state index contributed by atoms with van der Waals surface area (Å²) in [6, 6.07) is 10.4. The van der Waals surface area contributed by atoms with Crippen molar-refractivity contribution < 1.29 is 0 Å². The van der Waals surface area contributed by atoms with Gasteiger partial charge in [0.1, 0.15) is 0 Å². The molecule has 1 rings (SSSR count). The molecule has 1 aromatic rings. The van der Waals surface area contributed by atoms with Crippen LogP contribution in [-0.2, 0) is 0 Å². The summed E-state index contributed by atoms with van der Waals surface area (Å²) < 4.78 is 0. The van der Waals surface area contributed by atoms with Crippen molar-refractivity contribution in [1.82, 2.24) is 4.90 Å². The first-order valence-electron chi connectivity index (χ1n) is 4.68. The van der Waals surface area contributed by atoms with Crippen LogP contribution in [0.4, 0.5) is 0 Å². The third-order valence-corrected chi connectivity index (χ3v) is 2.25. The third kappa shape index (κ3) is 2.94. The van der Waals surface area contributed by atoms with Gasteiger partial charge in [-0.25, -0.2) is 0 Å². The zero-order valence-electron chi connectivity index (χ0n) is 8.62.